The number of pyridine rings is 1. The van der Waals surface area contributed by atoms with Crippen LogP contribution in [0.1, 0.15) is 32.7 Å². The molecule has 0 bridgehead atoms. The number of rotatable bonds is 5. The smallest absolute Gasteiger partial charge is 0.270 e. The minimum Gasteiger partial charge on any atom is -0.347 e. The second-order valence-corrected chi connectivity index (χ2v) is 6.23. The average molecular weight is 347 g/mol. The third-order valence-electron chi connectivity index (χ3n) is 4.01. The lowest BCUT2D eigenvalue weighted by Gasteiger charge is -2.13. The standard InChI is InChI=1S/C20H21N5O/c1-13-7-14(2)19(15(3)8-13)25-18-9-17(23-12-24-18)20(26)22-11-16-5-4-6-21-10-16/h4-10,12H,11H2,1-3H3,(H,22,26)(H,23,24,25). The van der Waals surface area contributed by atoms with Crippen LogP contribution in [0.4, 0.5) is 11.5 Å². The van der Waals surface area contributed by atoms with Gasteiger partial charge in [-0.3, -0.25) is 9.78 Å². The van der Waals surface area contributed by atoms with Crippen LogP contribution < -0.4 is 10.6 Å². The van der Waals surface area contributed by atoms with Gasteiger partial charge in [0.25, 0.3) is 5.91 Å². The molecule has 132 valence electrons. The third-order valence-corrected chi connectivity index (χ3v) is 4.01. The Kier molecular flexibility index (Phi) is 5.22. The molecule has 0 aliphatic carbocycles. The van der Waals surface area contributed by atoms with Crippen molar-refractivity contribution in [3.05, 3.63) is 77.0 Å². The van der Waals surface area contributed by atoms with Gasteiger partial charge < -0.3 is 10.6 Å². The Morgan fingerprint density at radius 2 is 1.85 bits per heavy atom. The van der Waals surface area contributed by atoms with E-state index in [0.717, 1.165) is 22.4 Å². The Hall–Kier alpha value is -3.28. The summed E-state index contributed by atoms with van der Waals surface area (Å²) in [4.78, 5) is 24.7. The summed E-state index contributed by atoms with van der Waals surface area (Å²) < 4.78 is 0. The van der Waals surface area contributed by atoms with E-state index >= 15 is 0 Å². The summed E-state index contributed by atoms with van der Waals surface area (Å²) in [7, 11) is 0. The van der Waals surface area contributed by atoms with Crippen LogP contribution in [0.2, 0.25) is 0 Å². The highest BCUT2D eigenvalue weighted by molar-refractivity contribution is 5.93. The van der Waals surface area contributed by atoms with Gasteiger partial charge in [-0.25, -0.2) is 9.97 Å². The first-order chi connectivity index (χ1) is 12.5. The molecule has 6 heteroatoms. The summed E-state index contributed by atoms with van der Waals surface area (Å²) in [6.45, 7) is 6.56. The van der Waals surface area contributed by atoms with Crippen LogP contribution in [-0.2, 0) is 6.54 Å². The highest BCUT2D eigenvalue weighted by atomic mass is 16.1. The molecular formula is C20H21N5O. The average Bonchev–Trinajstić information content (AvgIpc) is 2.64. The topological polar surface area (TPSA) is 79.8 Å². The van der Waals surface area contributed by atoms with Gasteiger partial charge in [-0.2, -0.15) is 0 Å². The van der Waals surface area contributed by atoms with E-state index in [9.17, 15) is 4.79 Å². The van der Waals surface area contributed by atoms with Gasteiger partial charge in [0.15, 0.2) is 0 Å². The van der Waals surface area contributed by atoms with Crippen molar-refractivity contribution in [1.29, 1.82) is 0 Å². The number of anilines is 2. The molecule has 0 spiro atoms. The van der Waals surface area contributed by atoms with Crippen LogP contribution >= 0.6 is 0 Å². The summed E-state index contributed by atoms with van der Waals surface area (Å²) in [6.07, 6.45) is 4.80. The van der Waals surface area contributed by atoms with Gasteiger partial charge in [0.1, 0.15) is 17.8 Å². The number of nitrogens with one attached hydrogen (secondary N) is 2. The molecule has 0 fully saturated rings. The molecule has 0 aliphatic heterocycles. The van der Waals surface area contributed by atoms with Crippen molar-refractivity contribution in [1.82, 2.24) is 20.3 Å². The zero-order valence-electron chi connectivity index (χ0n) is 15.1. The highest BCUT2D eigenvalue weighted by Crippen LogP contribution is 2.25. The van der Waals surface area contributed by atoms with Crippen LogP contribution in [0.5, 0.6) is 0 Å². The summed E-state index contributed by atoms with van der Waals surface area (Å²) in [5.41, 5.74) is 5.71. The first-order valence-electron chi connectivity index (χ1n) is 8.37. The maximum Gasteiger partial charge on any atom is 0.270 e. The van der Waals surface area contributed by atoms with E-state index in [1.807, 2.05) is 26.0 Å². The lowest BCUT2D eigenvalue weighted by atomic mass is 10.1. The molecule has 2 aromatic heterocycles. The van der Waals surface area contributed by atoms with E-state index in [1.165, 1.54) is 11.9 Å². The fraction of sp³-hybridized carbons (Fsp3) is 0.200. The molecule has 1 amide bonds. The van der Waals surface area contributed by atoms with Crippen LogP contribution in [0.3, 0.4) is 0 Å². The summed E-state index contributed by atoms with van der Waals surface area (Å²) >= 11 is 0. The van der Waals surface area contributed by atoms with Crippen molar-refractivity contribution in [2.45, 2.75) is 27.3 Å². The molecule has 3 aromatic rings. The van der Waals surface area contributed by atoms with Gasteiger partial charge in [0.2, 0.25) is 0 Å². The molecule has 0 unspecified atom stereocenters. The minimum absolute atomic E-state index is 0.253. The molecule has 0 saturated heterocycles. The quantitative estimate of drug-likeness (QED) is 0.739. The lowest BCUT2D eigenvalue weighted by molar-refractivity contribution is 0.0945. The lowest BCUT2D eigenvalue weighted by Crippen LogP contribution is -2.24. The van der Waals surface area contributed by atoms with E-state index in [2.05, 4.69) is 44.6 Å². The Labute approximate surface area is 152 Å². The van der Waals surface area contributed by atoms with Crippen molar-refractivity contribution in [3.8, 4) is 0 Å². The number of benzene rings is 1. The van der Waals surface area contributed by atoms with Gasteiger partial charge in [-0.05, 0) is 43.5 Å². The molecule has 2 N–H and O–H groups in total. The van der Waals surface area contributed by atoms with Crippen LogP contribution in [0, 0.1) is 20.8 Å². The zero-order valence-corrected chi connectivity index (χ0v) is 15.1. The van der Waals surface area contributed by atoms with Gasteiger partial charge >= 0.3 is 0 Å². The molecule has 0 saturated carbocycles. The maximum absolute atomic E-state index is 12.4. The number of carbonyl (C=O) groups excluding carboxylic acids is 1. The summed E-state index contributed by atoms with van der Waals surface area (Å²) in [6, 6.07) is 9.61. The van der Waals surface area contributed by atoms with E-state index in [1.54, 1.807) is 18.5 Å². The SMILES string of the molecule is Cc1cc(C)c(Nc2cc(C(=O)NCc3cccnc3)ncn2)c(C)c1. The van der Waals surface area contributed by atoms with E-state index in [-0.39, 0.29) is 5.91 Å². The second-order valence-electron chi connectivity index (χ2n) is 6.23. The first kappa shape index (κ1) is 17.5. The molecule has 3 rings (SSSR count). The molecule has 0 aliphatic rings. The number of hydrogen-bond donors (Lipinski definition) is 2. The maximum atomic E-state index is 12.4. The molecule has 6 nitrogen and oxygen atoms in total. The van der Waals surface area contributed by atoms with Gasteiger partial charge in [0, 0.05) is 30.7 Å². The number of carbonyl (C=O) groups is 1. The molecule has 0 radical (unpaired) electrons. The van der Waals surface area contributed by atoms with Gasteiger partial charge in [-0.15, -0.1) is 0 Å². The molecule has 26 heavy (non-hydrogen) atoms. The first-order valence-corrected chi connectivity index (χ1v) is 8.37. The summed E-state index contributed by atoms with van der Waals surface area (Å²) in [5.74, 6) is 0.332. The third kappa shape index (κ3) is 4.22. The predicted molar refractivity (Wildman–Crippen MR) is 101 cm³/mol. The van der Waals surface area contributed by atoms with Crippen LogP contribution in [0.25, 0.3) is 0 Å². The van der Waals surface area contributed by atoms with E-state index < -0.39 is 0 Å². The minimum atomic E-state index is -0.253. The largest absolute Gasteiger partial charge is 0.347 e. The Morgan fingerprint density at radius 1 is 1.08 bits per heavy atom. The van der Waals surface area contributed by atoms with Crippen LogP contribution in [0.15, 0.2) is 49.1 Å². The fourth-order valence-corrected chi connectivity index (χ4v) is 2.83. The number of hydrogen-bond acceptors (Lipinski definition) is 5. The highest BCUT2D eigenvalue weighted by Gasteiger charge is 2.10. The zero-order chi connectivity index (χ0) is 18.5. The van der Waals surface area contributed by atoms with Gasteiger partial charge in [0.05, 0.1) is 0 Å². The molecule has 1 aromatic carbocycles. The Balaban J connectivity index is 1.73. The Morgan fingerprint density at radius 3 is 2.54 bits per heavy atom. The fourth-order valence-electron chi connectivity index (χ4n) is 2.83. The summed E-state index contributed by atoms with van der Waals surface area (Å²) in [5, 5.41) is 6.14. The monoisotopic (exact) mass is 347 g/mol. The van der Waals surface area contributed by atoms with Crippen molar-refractivity contribution in [3.63, 3.8) is 0 Å². The van der Waals surface area contributed by atoms with Crippen molar-refractivity contribution in [2.75, 3.05) is 5.32 Å². The van der Waals surface area contributed by atoms with Crippen LogP contribution in [-0.4, -0.2) is 20.9 Å². The van der Waals surface area contributed by atoms with Gasteiger partial charge in [-0.1, -0.05) is 23.8 Å². The number of nitrogens with zero attached hydrogens (tertiary/aromatic N) is 3. The van der Waals surface area contributed by atoms with E-state index in [0.29, 0.717) is 18.1 Å². The predicted octanol–water partition coefficient (Wildman–Crippen LogP) is 3.47. The number of aromatic nitrogens is 3. The molecule has 2 heterocycles. The second kappa shape index (κ2) is 7.74. The van der Waals surface area contributed by atoms with Crippen molar-refractivity contribution >= 4 is 17.4 Å². The molecule has 0 atom stereocenters. The number of amides is 1. The van der Waals surface area contributed by atoms with Crippen molar-refractivity contribution in [2.24, 2.45) is 0 Å². The van der Waals surface area contributed by atoms with E-state index in [4.69, 9.17) is 0 Å². The van der Waals surface area contributed by atoms with Crippen molar-refractivity contribution < 1.29 is 4.79 Å². The Bertz CT molecular complexity index is 901. The number of aryl methyl sites for hydroxylation is 3. The normalized spacial score (nSPS) is 10.4. The molecular weight excluding hydrogens is 326 g/mol.